The minimum absolute atomic E-state index is 1.17. The van der Waals surface area contributed by atoms with Crippen molar-refractivity contribution < 1.29 is 38.9 Å². The van der Waals surface area contributed by atoms with E-state index in [2.05, 4.69) is 0 Å². The van der Waals surface area contributed by atoms with E-state index in [1.54, 1.807) is 0 Å². The quantitative estimate of drug-likeness (QED) is 0.577. The number of hydrogen-bond donors (Lipinski definition) is 2. The van der Waals surface area contributed by atoms with Gasteiger partial charge in [-0.1, -0.05) is 0 Å². The number of ether oxygens (including phenoxy) is 2. The maximum Gasteiger partial charge on any atom is 0.355 e. The summed E-state index contributed by atoms with van der Waals surface area (Å²) in [5.74, 6) is -7.74. The molecule has 0 aromatic rings. The number of carboxylic acids is 2. The molecule has 0 rings (SSSR count). The Morgan fingerprint density at radius 2 is 0.905 bits per heavy atom. The highest BCUT2D eigenvalue weighted by atomic mass is 16.6. The zero-order chi connectivity index (χ0) is 17.2. The molecule has 0 spiro atoms. The third kappa shape index (κ3) is 4.44. The van der Waals surface area contributed by atoms with Crippen LogP contribution in [0.3, 0.4) is 0 Å². The number of carbonyl (C=O) groups is 4. The van der Waals surface area contributed by atoms with Gasteiger partial charge >= 0.3 is 29.3 Å². The molecule has 8 nitrogen and oxygen atoms in total. The zero-order valence-electron chi connectivity index (χ0n) is 12.8. The number of carbonyl (C=O) groups excluding carboxylic acids is 2. The van der Waals surface area contributed by atoms with Crippen molar-refractivity contribution in [1.29, 1.82) is 0 Å². The SMILES string of the molecule is CC(C)(C)OC(=O)C(C(=O)O)(C(=O)O)C(=O)OC(C)(C)C. The predicted octanol–water partition coefficient (Wildman–Crippen LogP) is 0.825. The molecule has 0 unspecified atom stereocenters. The average Bonchev–Trinajstić information content (AvgIpc) is 2.09. The van der Waals surface area contributed by atoms with E-state index in [0.717, 1.165) is 0 Å². The van der Waals surface area contributed by atoms with Gasteiger partial charge in [-0.3, -0.25) is 0 Å². The number of hydrogen-bond acceptors (Lipinski definition) is 6. The van der Waals surface area contributed by atoms with Crippen molar-refractivity contribution in [1.82, 2.24) is 0 Å². The minimum atomic E-state index is -3.46. The Bertz CT molecular complexity index is 420. The summed E-state index contributed by atoms with van der Waals surface area (Å²) in [6.45, 7) is 8.47. The molecule has 0 amide bonds. The van der Waals surface area contributed by atoms with Gasteiger partial charge in [0.15, 0.2) is 0 Å². The van der Waals surface area contributed by atoms with E-state index in [1.807, 2.05) is 0 Å². The highest BCUT2D eigenvalue weighted by Gasteiger charge is 2.65. The van der Waals surface area contributed by atoms with Gasteiger partial charge in [-0.2, -0.15) is 0 Å². The fourth-order valence-corrected chi connectivity index (χ4v) is 1.23. The second kappa shape index (κ2) is 5.71. The first-order valence-corrected chi connectivity index (χ1v) is 6.08. The topological polar surface area (TPSA) is 127 Å². The van der Waals surface area contributed by atoms with Crippen LogP contribution >= 0.6 is 0 Å². The van der Waals surface area contributed by atoms with E-state index in [-0.39, 0.29) is 0 Å². The molecule has 120 valence electrons. The Morgan fingerprint density at radius 3 is 1.05 bits per heavy atom. The first kappa shape index (κ1) is 18.9. The summed E-state index contributed by atoms with van der Waals surface area (Å²) in [6, 6.07) is 0. The lowest BCUT2D eigenvalue weighted by Crippen LogP contribution is -2.56. The van der Waals surface area contributed by atoms with Crippen molar-refractivity contribution in [2.45, 2.75) is 52.7 Å². The Balaban J connectivity index is 5.91. The molecule has 0 fully saturated rings. The molecule has 0 heterocycles. The van der Waals surface area contributed by atoms with Gasteiger partial charge in [-0.05, 0) is 41.5 Å². The minimum Gasteiger partial charge on any atom is -0.480 e. The first-order chi connectivity index (χ1) is 9.14. The van der Waals surface area contributed by atoms with Gasteiger partial charge in [0, 0.05) is 0 Å². The molecule has 0 saturated carbocycles. The summed E-state index contributed by atoms with van der Waals surface area (Å²) in [5.41, 5.74) is -5.80. The summed E-state index contributed by atoms with van der Waals surface area (Å²) in [7, 11) is 0. The molecular weight excluding hydrogens is 284 g/mol. The maximum absolute atomic E-state index is 12.0. The number of rotatable bonds is 4. The molecule has 0 saturated heterocycles. The van der Waals surface area contributed by atoms with Gasteiger partial charge < -0.3 is 19.7 Å². The van der Waals surface area contributed by atoms with Crippen LogP contribution in [0.25, 0.3) is 0 Å². The highest BCUT2D eigenvalue weighted by Crippen LogP contribution is 2.28. The van der Waals surface area contributed by atoms with Crippen molar-refractivity contribution in [3.8, 4) is 0 Å². The molecule has 0 aliphatic carbocycles. The van der Waals surface area contributed by atoms with Crippen LogP contribution in [0.15, 0.2) is 0 Å². The van der Waals surface area contributed by atoms with Gasteiger partial charge in [-0.15, -0.1) is 0 Å². The van der Waals surface area contributed by atoms with Crippen LogP contribution in [0.5, 0.6) is 0 Å². The van der Waals surface area contributed by atoms with Crippen LogP contribution in [0.4, 0.5) is 0 Å². The van der Waals surface area contributed by atoms with Crippen LogP contribution in [0, 0.1) is 5.41 Å². The first-order valence-electron chi connectivity index (χ1n) is 6.08. The van der Waals surface area contributed by atoms with E-state index in [1.165, 1.54) is 41.5 Å². The van der Waals surface area contributed by atoms with Crippen molar-refractivity contribution in [2.24, 2.45) is 5.41 Å². The average molecular weight is 304 g/mol. The van der Waals surface area contributed by atoms with Gasteiger partial charge in [0.1, 0.15) is 11.2 Å². The van der Waals surface area contributed by atoms with E-state index in [9.17, 15) is 19.2 Å². The number of carboxylic acid groups (broad SMARTS) is 2. The largest absolute Gasteiger partial charge is 0.480 e. The zero-order valence-corrected chi connectivity index (χ0v) is 12.8. The van der Waals surface area contributed by atoms with Gasteiger partial charge in [0.05, 0.1) is 0 Å². The maximum atomic E-state index is 12.0. The smallest absolute Gasteiger partial charge is 0.355 e. The summed E-state index contributed by atoms with van der Waals surface area (Å²) >= 11 is 0. The Morgan fingerprint density at radius 1 is 0.667 bits per heavy atom. The molecular formula is C13H20O8. The standard InChI is InChI=1S/C13H20O8/c1-11(2,3)20-9(18)13(7(14)15,8(16)17)10(19)21-12(4,5)6/h1-6H3,(H,14,15)(H,16,17). The van der Waals surface area contributed by atoms with Crippen molar-refractivity contribution >= 4 is 23.9 Å². The Kier molecular flexibility index (Phi) is 5.13. The normalized spacial score (nSPS) is 12.5. The molecule has 0 aromatic carbocycles. The lowest BCUT2D eigenvalue weighted by atomic mass is 9.87. The highest BCUT2D eigenvalue weighted by molar-refractivity contribution is 6.32. The van der Waals surface area contributed by atoms with Crippen LogP contribution in [-0.4, -0.2) is 45.3 Å². The monoisotopic (exact) mass is 304 g/mol. The second-order valence-corrected chi connectivity index (χ2v) is 6.36. The third-order valence-corrected chi connectivity index (χ3v) is 2.05. The second-order valence-electron chi connectivity index (χ2n) is 6.36. The fourth-order valence-electron chi connectivity index (χ4n) is 1.23. The number of esters is 2. The van der Waals surface area contributed by atoms with E-state index >= 15 is 0 Å². The van der Waals surface area contributed by atoms with Crippen LogP contribution < -0.4 is 0 Å². The molecule has 0 aromatic heterocycles. The van der Waals surface area contributed by atoms with E-state index in [0.29, 0.717) is 0 Å². The molecule has 21 heavy (non-hydrogen) atoms. The lowest BCUT2D eigenvalue weighted by Gasteiger charge is -2.29. The summed E-state index contributed by atoms with van der Waals surface area (Å²) in [5, 5.41) is 18.3. The molecule has 0 radical (unpaired) electrons. The summed E-state index contributed by atoms with van der Waals surface area (Å²) in [4.78, 5) is 46.7. The van der Waals surface area contributed by atoms with Gasteiger partial charge in [0.2, 0.25) is 0 Å². The van der Waals surface area contributed by atoms with Gasteiger partial charge in [-0.25, -0.2) is 19.2 Å². The molecule has 2 N–H and O–H groups in total. The van der Waals surface area contributed by atoms with Crippen molar-refractivity contribution in [3.63, 3.8) is 0 Å². The van der Waals surface area contributed by atoms with Crippen molar-refractivity contribution in [3.05, 3.63) is 0 Å². The van der Waals surface area contributed by atoms with Crippen LogP contribution in [0.2, 0.25) is 0 Å². The predicted molar refractivity (Wildman–Crippen MR) is 69.4 cm³/mol. The van der Waals surface area contributed by atoms with E-state index < -0.39 is 40.5 Å². The fraction of sp³-hybridized carbons (Fsp3) is 0.692. The van der Waals surface area contributed by atoms with Gasteiger partial charge in [0.25, 0.3) is 0 Å². The molecule has 0 aliphatic heterocycles. The molecule has 0 aliphatic rings. The summed E-state index contributed by atoms with van der Waals surface area (Å²) in [6.07, 6.45) is 0. The number of aliphatic carboxylic acids is 2. The lowest BCUT2D eigenvalue weighted by molar-refractivity contribution is -0.196. The van der Waals surface area contributed by atoms with E-state index in [4.69, 9.17) is 19.7 Å². The Labute approximate surface area is 122 Å². The van der Waals surface area contributed by atoms with Crippen molar-refractivity contribution in [2.75, 3.05) is 0 Å². The molecule has 8 heteroatoms. The van der Waals surface area contributed by atoms with Crippen LogP contribution in [0.1, 0.15) is 41.5 Å². The molecule has 0 atom stereocenters. The molecule has 0 bridgehead atoms. The third-order valence-electron chi connectivity index (χ3n) is 2.05. The van der Waals surface area contributed by atoms with Crippen LogP contribution in [-0.2, 0) is 28.7 Å². The Hall–Kier alpha value is -2.12. The summed E-state index contributed by atoms with van der Waals surface area (Å²) < 4.78 is 9.52.